The Labute approximate surface area is 195 Å². The molecular weight excluding hydrogens is 436 g/mol. The van der Waals surface area contributed by atoms with Crippen LogP contribution in [0.2, 0.25) is 5.02 Å². The van der Waals surface area contributed by atoms with Gasteiger partial charge in [-0.3, -0.25) is 9.69 Å². The second-order valence-corrected chi connectivity index (χ2v) is 9.33. The third-order valence-electron chi connectivity index (χ3n) is 5.28. The maximum Gasteiger partial charge on any atom is 0.410 e. The molecular formula is C22H35ClN4O5. The summed E-state index contributed by atoms with van der Waals surface area (Å²) >= 11 is 6.09. The molecule has 1 fully saturated rings. The number of hydrogen-bond acceptors (Lipinski definition) is 7. The fourth-order valence-corrected chi connectivity index (χ4v) is 3.64. The largest absolute Gasteiger partial charge is 0.496 e. The van der Waals surface area contributed by atoms with E-state index in [1.54, 1.807) is 19.1 Å². The van der Waals surface area contributed by atoms with Crippen LogP contribution in [0.4, 0.5) is 10.5 Å². The summed E-state index contributed by atoms with van der Waals surface area (Å²) in [5.74, 6) is 0.0647. The minimum atomic E-state index is -0.527. The summed E-state index contributed by atoms with van der Waals surface area (Å²) in [6.07, 6.45) is 0.152. The van der Waals surface area contributed by atoms with Crippen molar-refractivity contribution in [1.82, 2.24) is 15.1 Å². The molecule has 1 aliphatic rings. The second-order valence-electron chi connectivity index (χ2n) is 8.92. The Kier molecular flexibility index (Phi) is 9.00. The van der Waals surface area contributed by atoms with Crippen LogP contribution in [0.5, 0.6) is 5.75 Å². The van der Waals surface area contributed by atoms with Gasteiger partial charge in [-0.05, 0) is 33.3 Å². The van der Waals surface area contributed by atoms with E-state index in [0.29, 0.717) is 48.1 Å². The fraction of sp³-hybridized carbons (Fsp3) is 0.636. The number of likely N-dealkylation sites (tertiary alicyclic amines) is 1. The van der Waals surface area contributed by atoms with Crippen LogP contribution in [0, 0.1) is 0 Å². The zero-order chi connectivity index (χ0) is 24.1. The molecule has 2 rings (SSSR count). The van der Waals surface area contributed by atoms with Crippen LogP contribution >= 0.6 is 11.6 Å². The van der Waals surface area contributed by atoms with Crippen LogP contribution in [-0.4, -0.2) is 87.0 Å². The average Bonchev–Trinajstić information content (AvgIpc) is 2.72. The highest BCUT2D eigenvalue weighted by molar-refractivity contribution is 6.33. The zero-order valence-corrected chi connectivity index (χ0v) is 20.5. The Bertz CT molecular complexity index is 814. The van der Waals surface area contributed by atoms with Crippen LogP contribution in [0.3, 0.4) is 0 Å². The Morgan fingerprint density at radius 3 is 2.59 bits per heavy atom. The number of nitrogen functional groups attached to an aromatic ring is 1. The molecule has 180 valence electrons. The lowest BCUT2D eigenvalue weighted by Gasteiger charge is -2.38. The molecule has 2 amide bonds. The molecule has 3 N–H and O–H groups in total. The molecule has 2 atom stereocenters. The first-order valence-corrected chi connectivity index (χ1v) is 11.0. The highest BCUT2D eigenvalue weighted by Crippen LogP contribution is 2.29. The normalized spacial score (nSPS) is 19.3. The number of methoxy groups -OCH3 is 2. The summed E-state index contributed by atoms with van der Waals surface area (Å²) in [5.41, 5.74) is 5.95. The van der Waals surface area contributed by atoms with Crippen LogP contribution in [0.1, 0.15) is 37.6 Å². The molecule has 0 unspecified atom stereocenters. The quantitative estimate of drug-likeness (QED) is 0.590. The lowest BCUT2D eigenvalue weighted by Crippen LogP contribution is -2.55. The first kappa shape index (κ1) is 26.0. The first-order valence-electron chi connectivity index (χ1n) is 10.6. The lowest BCUT2D eigenvalue weighted by molar-refractivity contribution is 0.00123. The number of piperidine rings is 1. The summed E-state index contributed by atoms with van der Waals surface area (Å²) in [6.45, 7) is 8.12. The molecule has 0 spiro atoms. The number of carbonyl (C=O) groups is 2. The van der Waals surface area contributed by atoms with E-state index in [2.05, 4.69) is 10.2 Å². The molecule has 1 saturated heterocycles. The minimum absolute atomic E-state index is 0.173. The van der Waals surface area contributed by atoms with Gasteiger partial charge in [0.05, 0.1) is 35.5 Å². The van der Waals surface area contributed by atoms with Crippen molar-refractivity contribution in [3.8, 4) is 5.75 Å². The molecule has 0 aromatic heterocycles. The maximum absolute atomic E-state index is 12.9. The van der Waals surface area contributed by atoms with Crippen LogP contribution in [0.25, 0.3) is 0 Å². The predicted molar refractivity (Wildman–Crippen MR) is 124 cm³/mol. The van der Waals surface area contributed by atoms with Gasteiger partial charge >= 0.3 is 6.09 Å². The van der Waals surface area contributed by atoms with Crippen LogP contribution in [0.15, 0.2) is 12.1 Å². The molecule has 1 heterocycles. The molecule has 0 saturated carbocycles. The lowest BCUT2D eigenvalue weighted by atomic mass is 10.0. The molecule has 1 aromatic rings. The Hall–Kier alpha value is -2.23. The van der Waals surface area contributed by atoms with Crippen molar-refractivity contribution < 1.29 is 23.8 Å². The third kappa shape index (κ3) is 7.15. The average molecular weight is 471 g/mol. The van der Waals surface area contributed by atoms with E-state index in [-0.39, 0.29) is 24.1 Å². The van der Waals surface area contributed by atoms with E-state index in [4.69, 9.17) is 31.5 Å². The molecule has 10 heteroatoms. The SMILES string of the molecule is COc1cc(N)c(Cl)cc1C(=O)N[C@@H]1CCN(CCN(C)C(=O)OC(C)(C)C)C[C@@H]1OC. The Balaban J connectivity index is 1.93. The van der Waals surface area contributed by atoms with Gasteiger partial charge in [0.2, 0.25) is 0 Å². The number of hydrogen-bond donors (Lipinski definition) is 2. The van der Waals surface area contributed by atoms with E-state index in [9.17, 15) is 9.59 Å². The van der Waals surface area contributed by atoms with E-state index < -0.39 is 5.60 Å². The summed E-state index contributed by atoms with van der Waals surface area (Å²) in [4.78, 5) is 28.8. The number of carbonyl (C=O) groups excluding carboxylic acids is 2. The van der Waals surface area contributed by atoms with E-state index in [0.717, 1.165) is 6.54 Å². The third-order valence-corrected chi connectivity index (χ3v) is 5.61. The molecule has 0 radical (unpaired) electrons. The number of nitrogens with one attached hydrogen (secondary N) is 1. The van der Waals surface area contributed by atoms with Crippen molar-refractivity contribution in [2.24, 2.45) is 0 Å². The number of ether oxygens (including phenoxy) is 3. The number of nitrogens with two attached hydrogens (primary N) is 1. The number of halogens is 1. The van der Waals surface area contributed by atoms with Gasteiger partial charge in [0.15, 0.2) is 0 Å². The highest BCUT2D eigenvalue weighted by Gasteiger charge is 2.31. The van der Waals surface area contributed by atoms with Gasteiger partial charge in [-0.25, -0.2) is 4.79 Å². The van der Waals surface area contributed by atoms with Gasteiger partial charge in [-0.15, -0.1) is 0 Å². The van der Waals surface area contributed by atoms with Crippen molar-refractivity contribution in [2.75, 3.05) is 53.2 Å². The monoisotopic (exact) mass is 470 g/mol. The van der Waals surface area contributed by atoms with E-state index >= 15 is 0 Å². The topological polar surface area (TPSA) is 106 Å². The van der Waals surface area contributed by atoms with Crippen LogP contribution in [-0.2, 0) is 9.47 Å². The standard InChI is InChI=1S/C22H35ClN4O5/c1-22(2,3)32-21(29)26(4)9-10-27-8-7-17(19(13-27)31-6)25-20(28)14-11-15(23)16(24)12-18(14)30-5/h11-12,17,19H,7-10,13,24H2,1-6H3,(H,25,28)/t17-,19+/m1/s1. The van der Waals surface area contributed by atoms with Gasteiger partial charge in [0.1, 0.15) is 11.4 Å². The number of amides is 2. The van der Waals surface area contributed by atoms with Crippen molar-refractivity contribution >= 4 is 29.3 Å². The van der Waals surface area contributed by atoms with Crippen LogP contribution < -0.4 is 15.8 Å². The van der Waals surface area contributed by atoms with E-state index in [1.807, 2.05) is 20.8 Å². The van der Waals surface area contributed by atoms with Gasteiger partial charge < -0.3 is 30.2 Å². The molecule has 32 heavy (non-hydrogen) atoms. The Morgan fingerprint density at radius 2 is 2.00 bits per heavy atom. The molecule has 9 nitrogen and oxygen atoms in total. The molecule has 1 aromatic carbocycles. The van der Waals surface area contributed by atoms with Crippen molar-refractivity contribution in [2.45, 2.75) is 44.9 Å². The minimum Gasteiger partial charge on any atom is -0.496 e. The van der Waals surface area contributed by atoms with Crippen molar-refractivity contribution in [3.63, 3.8) is 0 Å². The van der Waals surface area contributed by atoms with Gasteiger partial charge in [-0.1, -0.05) is 11.6 Å². The summed E-state index contributed by atoms with van der Waals surface area (Å²) < 4.78 is 16.3. The summed E-state index contributed by atoms with van der Waals surface area (Å²) in [7, 11) is 4.82. The first-order chi connectivity index (χ1) is 14.9. The second kappa shape index (κ2) is 11.1. The number of likely N-dealkylation sites (N-methyl/N-ethyl adjacent to an activating group) is 1. The number of anilines is 1. The summed E-state index contributed by atoms with van der Waals surface area (Å²) in [6, 6.07) is 2.87. The summed E-state index contributed by atoms with van der Waals surface area (Å²) in [5, 5.41) is 3.33. The van der Waals surface area contributed by atoms with Crippen molar-refractivity contribution in [1.29, 1.82) is 0 Å². The van der Waals surface area contributed by atoms with Gasteiger partial charge in [0, 0.05) is 46.4 Å². The number of benzene rings is 1. The zero-order valence-electron chi connectivity index (χ0n) is 19.7. The molecule has 0 bridgehead atoms. The fourth-order valence-electron chi connectivity index (χ4n) is 3.47. The highest BCUT2D eigenvalue weighted by atomic mass is 35.5. The smallest absolute Gasteiger partial charge is 0.410 e. The van der Waals surface area contributed by atoms with Gasteiger partial charge in [0.25, 0.3) is 5.91 Å². The molecule has 0 aliphatic carbocycles. The van der Waals surface area contributed by atoms with Gasteiger partial charge in [-0.2, -0.15) is 0 Å². The number of nitrogens with zero attached hydrogens (tertiary/aromatic N) is 2. The maximum atomic E-state index is 12.9. The Morgan fingerprint density at radius 1 is 1.31 bits per heavy atom. The van der Waals surface area contributed by atoms with Crippen molar-refractivity contribution in [3.05, 3.63) is 22.7 Å². The molecule has 1 aliphatic heterocycles. The van der Waals surface area contributed by atoms with E-state index in [1.165, 1.54) is 19.2 Å². The number of rotatable bonds is 7. The predicted octanol–water partition coefficient (Wildman–Crippen LogP) is 2.62.